The minimum absolute atomic E-state index is 0.0243. The molecule has 1 aromatic heterocycles. The lowest BCUT2D eigenvalue weighted by Gasteiger charge is -2.22. The fourth-order valence-electron chi connectivity index (χ4n) is 3.86. The molecule has 3 rings (SSSR count). The van der Waals surface area contributed by atoms with Crippen molar-refractivity contribution in [1.82, 2.24) is 20.2 Å². The summed E-state index contributed by atoms with van der Waals surface area (Å²) in [4.78, 5) is 14.0. The lowest BCUT2D eigenvalue weighted by atomic mass is 9.82. The maximum atomic E-state index is 12.7. The molecule has 26 heavy (non-hydrogen) atoms. The van der Waals surface area contributed by atoms with Gasteiger partial charge in [0.2, 0.25) is 5.95 Å². The van der Waals surface area contributed by atoms with Crippen molar-refractivity contribution in [3.05, 3.63) is 18.0 Å². The highest BCUT2D eigenvalue weighted by molar-refractivity contribution is 5.80. The number of hydrogen-bond donors (Lipinski definition) is 2. The number of aromatic nitrogens is 2. The van der Waals surface area contributed by atoms with Gasteiger partial charge in [-0.25, -0.2) is 9.97 Å². The first-order chi connectivity index (χ1) is 12.5. The molecule has 1 aliphatic heterocycles. The SMILES string of the molecule is CN=C(NCCNc1nccc(C(F)(F)F)n1)N1CC2CCCCC2C1. The average Bonchev–Trinajstić information content (AvgIpc) is 3.05. The summed E-state index contributed by atoms with van der Waals surface area (Å²) in [7, 11) is 1.76. The predicted molar refractivity (Wildman–Crippen MR) is 93.9 cm³/mol. The number of fused-ring (bicyclic) bond motifs is 1. The molecule has 0 radical (unpaired) electrons. The summed E-state index contributed by atoms with van der Waals surface area (Å²) in [5.74, 6) is 2.35. The van der Waals surface area contributed by atoms with Crippen LogP contribution >= 0.6 is 0 Å². The van der Waals surface area contributed by atoms with E-state index in [0.717, 1.165) is 43.1 Å². The van der Waals surface area contributed by atoms with Crippen molar-refractivity contribution >= 4 is 11.9 Å². The van der Waals surface area contributed by atoms with Crippen LogP contribution in [0, 0.1) is 11.8 Å². The van der Waals surface area contributed by atoms with Crippen LogP contribution in [0.4, 0.5) is 19.1 Å². The summed E-state index contributed by atoms with van der Waals surface area (Å²) >= 11 is 0. The van der Waals surface area contributed by atoms with Crippen LogP contribution in [0.25, 0.3) is 0 Å². The maximum absolute atomic E-state index is 12.7. The molecule has 0 bridgehead atoms. The molecule has 0 amide bonds. The van der Waals surface area contributed by atoms with Gasteiger partial charge in [0.15, 0.2) is 5.96 Å². The van der Waals surface area contributed by atoms with Gasteiger partial charge in [0.25, 0.3) is 0 Å². The lowest BCUT2D eigenvalue weighted by Crippen LogP contribution is -2.42. The van der Waals surface area contributed by atoms with Gasteiger partial charge in [0.05, 0.1) is 0 Å². The number of rotatable bonds is 4. The van der Waals surface area contributed by atoms with E-state index in [0.29, 0.717) is 13.1 Å². The first-order valence-corrected chi connectivity index (χ1v) is 9.07. The third-order valence-corrected chi connectivity index (χ3v) is 5.12. The Labute approximate surface area is 151 Å². The smallest absolute Gasteiger partial charge is 0.354 e. The molecule has 2 fully saturated rings. The van der Waals surface area contributed by atoms with Crippen LogP contribution in [0.3, 0.4) is 0 Å². The molecule has 0 spiro atoms. The largest absolute Gasteiger partial charge is 0.433 e. The molecule has 2 aliphatic rings. The molecule has 1 aliphatic carbocycles. The predicted octanol–water partition coefficient (Wildman–Crippen LogP) is 2.60. The Morgan fingerprint density at radius 2 is 1.92 bits per heavy atom. The van der Waals surface area contributed by atoms with Crippen LogP contribution in [0.15, 0.2) is 17.3 Å². The van der Waals surface area contributed by atoms with Crippen molar-refractivity contribution < 1.29 is 13.2 Å². The zero-order valence-corrected chi connectivity index (χ0v) is 14.9. The van der Waals surface area contributed by atoms with E-state index in [1.165, 1.54) is 25.7 Å². The van der Waals surface area contributed by atoms with Crippen molar-refractivity contribution in [1.29, 1.82) is 0 Å². The standard InChI is InChI=1S/C17H25F3N6/c1-21-16(26-10-12-4-2-3-5-13(12)11-26)24-9-8-23-15-22-7-6-14(25-15)17(18,19)20/h6-7,12-13H,2-5,8-11H2,1H3,(H,21,24)(H,22,23,25). The van der Waals surface area contributed by atoms with E-state index in [2.05, 4.69) is 30.5 Å². The quantitative estimate of drug-likeness (QED) is 0.485. The Bertz CT molecular complexity index is 619. The molecular weight excluding hydrogens is 345 g/mol. The average molecular weight is 370 g/mol. The number of halogens is 3. The van der Waals surface area contributed by atoms with Gasteiger partial charge in [-0.1, -0.05) is 12.8 Å². The van der Waals surface area contributed by atoms with Crippen molar-refractivity contribution in [2.45, 2.75) is 31.9 Å². The molecule has 144 valence electrons. The first-order valence-electron chi connectivity index (χ1n) is 9.07. The minimum Gasteiger partial charge on any atom is -0.354 e. The lowest BCUT2D eigenvalue weighted by molar-refractivity contribution is -0.141. The van der Waals surface area contributed by atoms with Crippen LogP contribution in [-0.4, -0.2) is 54.1 Å². The molecule has 1 saturated heterocycles. The Balaban J connectivity index is 1.45. The summed E-state index contributed by atoms with van der Waals surface area (Å²) in [5, 5.41) is 6.09. The van der Waals surface area contributed by atoms with Gasteiger partial charge < -0.3 is 15.5 Å². The van der Waals surface area contributed by atoms with Crippen LogP contribution in [0.1, 0.15) is 31.4 Å². The number of aliphatic imine (C=N–C) groups is 1. The second-order valence-corrected chi connectivity index (χ2v) is 6.87. The van der Waals surface area contributed by atoms with Gasteiger partial charge in [-0.05, 0) is 30.7 Å². The molecule has 0 aromatic carbocycles. The van der Waals surface area contributed by atoms with E-state index in [4.69, 9.17) is 0 Å². The number of hydrogen-bond acceptors (Lipinski definition) is 4. The van der Waals surface area contributed by atoms with Crippen molar-refractivity contribution in [3.8, 4) is 0 Å². The second-order valence-electron chi connectivity index (χ2n) is 6.87. The number of alkyl halides is 3. The van der Waals surface area contributed by atoms with Gasteiger partial charge in [0, 0.05) is 39.4 Å². The fraction of sp³-hybridized carbons (Fsp3) is 0.706. The molecule has 1 aromatic rings. The van der Waals surface area contributed by atoms with Crippen molar-refractivity contribution in [2.24, 2.45) is 16.8 Å². The highest BCUT2D eigenvalue weighted by atomic mass is 19.4. The fourth-order valence-corrected chi connectivity index (χ4v) is 3.86. The summed E-state index contributed by atoms with van der Waals surface area (Å²) in [6.07, 6.45) is 1.88. The molecule has 9 heteroatoms. The van der Waals surface area contributed by atoms with Crippen LogP contribution in [0.5, 0.6) is 0 Å². The van der Waals surface area contributed by atoms with Crippen LogP contribution in [0.2, 0.25) is 0 Å². The summed E-state index contributed by atoms with van der Waals surface area (Å²) in [5.41, 5.74) is -0.946. The van der Waals surface area contributed by atoms with Crippen LogP contribution in [-0.2, 0) is 6.18 Å². The van der Waals surface area contributed by atoms with Gasteiger partial charge >= 0.3 is 6.18 Å². The third-order valence-electron chi connectivity index (χ3n) is 5.12. The van der Waals surface area contributed by atoms with Gasteiger partial charge in [-0.15, -0.1) is 0 Å². The van der Waals surface area contributed by atoms with Crippen molar-refractivity contribution in [2.75, 3.05) is 38.5 Å². The number of likely N-dealkylation sites (tertiary alicyclic amines) is 1. The number of guanidine groups is 1. The summed E-state index contributed by atoms with van der Waals surface area (Å²) < 4.78 is 38.0. The number of anilines is 1. The Hall–Kier alpha value is -2.06. The molecule has 2 unspecified atom stereocenters. The molecular formula is C17H25F3N6. The molecule has 6 nitrogen and oxygen atoms in total. The zero-order valence-electron chi connectivity index (χ0n) is 14.9. The maximum Gasteiger partial charge on any atom is 0.433 e. The van der Waals surface area contributed by atoms with E-state index in [-0.39, 0.29) is 5.95 Å². The van der Waals surface area contributed by atoms with Gasteiger partial charge in [0.1, 0.15) is 5.69 Å². The monoisotopic (exact) mass is 370 g/mol. The molecule has 2 N–H and O–H groups in total. The minimum atomic E-state index is -4.47. The highest BCUT2D eigenvalue weighted by Crippen LogP contribution is 2.35. The van der Waals surface area contributed by atoms with E-state index >= 15 is 0 Å². The zero-order chi connectivity index (χ0) is 18.6. The highest BCUT2D eigenvalue weighted by Gasteiger charge is 2.35. The van der Waals surface area contributed by atoms with Crippen molar-refractivity contribution in [3.63, 3.8) is 0 Å². The number of nitrogens with zero attached hydrogens (tertiary/aromatic N) is 4. The van der Waals surface area contributed by atoms with E-state index in [1.54, 1.807) is 7.05 Å². The Morgan fingerprint density at radius 1 is 1.23 bits per heavy atom. The summed E-state index contributed by atoms with van der Waals surface area (Å²) in [6.45, 7) is 3.00. The molecule has 2 atom stereocenters. The summed E-state index contributed by atoms with van der Waals surface area (Å²) in [6, 6.07) is 0.859. The van der Waals surface area contributed by atoms with E-state index < -0.39 is 11.9 Å². The third kappa shape index (κ3) is 4.56. The molecule has 1 saturated carbocycles. The molecule has 2 heterocycles. The van der Waals surface area contributed by atoms with Gasteiger partial charge in [-0.3, -0.25) is 4.99 Å². The number of nitrogens with one attached hydrogen (secondary N) is 2. The van der Waals surface area contributed by atoms with Gasteiger partial charge in [-0.2, -0.15) is 13.2 Å². The Morgan fingerprint density at radius 3 is 2.54 bits per heavy atom. The first kappa shape index (κ1) is 18.7. The van der Waals surface area contributed by atoms with Crippen LogP contribution < -0.4 is 10.6 Å². The van der Waals surface area contributed by atoms with E-state index in [1.807, 2.05) is 0 Å². The normalized spacial score (nSPS) is 23.7. The Kier molecular flexibility index (Phi) is 5.83. The topological polar surface area (TPSA) is 65.4 Å². The van der Waals surface area contributed by atoms with E-state index in [9.17, 15) is 13.2 Å². The second kappa shape index (κ2) is 8.09.